The van der Waals surface area contributed by atoms with Gasteiger partial charge in [-0.25, -0.2) is 9.37 Å². The standard InChI is InChI=1S/C13H16ClFN2O/c1-9(6-7-18-2)17-11-5-3-4-10(15)13(11)16-12(17)8-14/h3-5,9H,6-8H2,1-2H3. The van der Waals surface area contributed by atoms with E-state index in [0.29, 0.717) is 17.9 Å². The zero-order chi connectivity index (χ0) is 13.1. The van der Waals surface area contributed by atoms with Gasteiger partial charge in [0.1, 0.15) is 11.3 Å². The van der Waals surface area contributed by atoms with Crippen molar-refractivity contribution in [1.82, 2.24) is 9.55 Å². The summed E-state index contributed by atoms with van der Waals surface area (Å²) in [5, 5.41) is 0. The maximum atomic E-state index is 13.7. The van der Waals surface area contributed by atoms with Gasteiger partial charge in [-0.1, -0.05) is 6.07 Å². The molecule has 0 radical (unpaired) electrons. The number of alkyl halides is 1. The predicted octanol–water partition coefficient (Wildman–Crippen LogP) is 3.51. The fourth-order valence-electron chi connectivity index (χ4n) is 2.13. The van der Waals surface area contributed by atoms with Crippen molar-refractivity contribution < 1.29 is 9.13 Å². The Balaban J connectivity index is 2.50. The smallest absolute Gasteiger partial charge is 0.151 e. The van der Waals surface area contributed by atoms with Crippen molar-refractivity contribution in [3.8, 4) is 0 Å². The Morgan fingerprint density at radius 1 is 1.50 bits per heavy atom. The molecule has 5 heteroatoms. The summed E-state index contributed by atoms with van der Waals surface area (Å²) in [7, 11) is 1.67. The van der Waals surface area contributed by atoms with Crippen LogP contribution in [0.3, 0.4) is 0 Å². The molecule has 0 spiro atoms. The summed E-state index contributed by atoms with van der Waals surface area (Å²) in [6.45, 7) is 2.71. The van der Waals surface area contributed by atoms with E-state index in [1.807, 2.05) is 10.6 Å². The van der Waals surface area contributed by atoms with Crippen LogP contribution in [0.15, 0.2) is 18.2 Å². The first-order valence-electron chi connectivity index (χ1n) is 5.89. The fraction of sp³-hybridized carbons (Fsp3) is 0.462. The molecule has 1 atom stereocenters. The molecule has 3 nitrogen and oxygen atoms in total. The number of aromatic nitrogens is 2. The molecule has 1 heterocycles. The van der Waals surface area contributed by atoms with E-state index >= 15 is 0 Å². The highest BCUT2D eigenvalue weighted by Crippen LogP contribution is 2.25. The Kier molecular flexibility index (Phi) is 4.19. The number of para-hydroxylation sites is 1. The molecule has 18 heavy (non-hydrogen) atoms. The minimum atomic E-state index is -0.309. The minimum absolute atomic E-state index is 0.172. The molecule has 0 aliphatic heterocycles. The van der Waals surface area contributed by atoms with Crippen molar-refractivity contribution in [1.29, 1.82) is 0 Å². The van der Waals surface area contributed by atoms with Crippen LogP contribution in [-0.2, 0) is 10.6 Å². The summed E-state index contributed by atoms with van der Waals surface area (Å²) in [6.07, 6.45) is 0.836. The van der Waals surface area contributed by atoms with Gasteiger partial charge in [-0.15, -0.1) is 11.6 Å². The zero-order valence-corrected chi connectivity index (χ0v) is 11.2. The van der Waals surface area contributed by atoms with Crippen LogP contribution in [0.4, 0.5) is 4.39 Å². The summed E-state index contributed by atoms with van der Waals surface area (Å²) in [5.74, 6) is 0.655. The van der Waals surface area contributed by atoms with E-state index in [1.165, 1.54) is 6.07 Å². The number of rotatable bonds is 5. The number of halogens is 2. The van der Waals surface area contributed by atoms with Gasteiger partial charge in [0.05, 0.1) is 11.4 Å². The monoisotopic (exact) mass is 270 g/mol. The SMILES string of the molecule is COCCC(C)n1c(CCl)nc2c(F)cccc21. The van der Waals surface area contributed by atoms with Gasteiger partial charge in [-0.3, -0.25) is 0 Å². The van der Waals surface area contributed by atoms with Crippen molar-refractivity contribution in [3.63, 3.8) is 0 Å². The number of ether oxygens (including phenoxy) is 1. The molecule has 0 saturated carbocycles. The molecular formula is C13H16ClFN2O. The maximum Gasteiger partial charge on any atom is 0.151 e. The summed E-state index contributed by atoms with van der Waals surface area (Å²) in [5.41, 5.74) is 1.17. The topological polar surface area (TPSA) is 27.1 Å². The van der Waals surface area contributed by atoms with Crippen molar-refractivity contribution in [2.24, 2.45) is 0 Å². The maximum absolute atomic E-state index is 13.7. The lowest BCUT2D eigenvalue weighted by Crippen LogP contribution is -2.10. The van der Waals surface area contributed by atoms with Crippen molar-refractivity contribution in [2.45, 2.75) is 25.3 Å². The minimum Gasteiger partial charge on any atom is -0.385 e. The Hall–Kier alpha value is -1.13. The number of hydrogen-bond acceptors (Lipinski definition) is 2. The largest absolute Gasteiger partial charge is 0.385 e. The first kappa shape index (κ1) is 13.3. The van der Waals surface area contributed by atoms with Crippen LogP contribution >= 0.6 is 11.6 Å². The number of benzene rings is 1. The van der Waals surface area contributed by atoms with Gasteiger partial charge in [0.2, 0.25) is 0 Å². The van der Waals surface area contributed by atoms with Gasteiger partial charge in [-0.05, 0) is 25.5 Å². The average Bonchev–Trinajstić information content (AvgIpc) is 2.76. The van der Waals surface area contributed by atoms with Gasteiger partial charge < -0.3 is 9.30 Å². The quantitative estimate of drug-likeness (QED) is 0.778. The fourth-order valence-corrected chi connectivity index (χ4v) is 2.32. The Labute approximate surface area is 111 Å². The van der Waals surface area contributed by atoms with Crippen molar-refractivity contribution in [2.75, 3.05) is 13.7 Å². The lowest BCUT2D eigenvalue weighted by atomic mass is 10.2. The number of fused-ring (bicyclic) bond motifs is 1. The first-order valence-corrected chi connectivity index (χ1v) is 6.42. The Morgan fingerprint density at radius 3 is 2.94 bits per heavy atom. The zero-order valence-electron chi connectivity index (χ0n) is 10.5. The molecule has 1 aromatic heterocycles. The summed E-state index contributed by atoms with van der Waals surface area (Å²) in [6, 6.07) is 5.14. The molecular weight excluding hydrogens is 255 g/mol. The second-order valence-electron chi connectivity index (χ2n) is 4.27. The number of nitrogens with zero attached hydrogens (tertiary/aromatic N) is 2. The molecule has 0 N–H and O–H groups in total. The average molecular weight is 271 g/mol. The van der Waals surface area contributed by atoms with Gasteiger partial charge in [0, 0.05) is 19.8 Å². The molecule has 2 rings (SSSR count). The molecule has 0 aliphatic carbocycles. The van der Waals surface area contributed by atoms with Crippen molar-refractivity contribution in [3.05, 3.63) is 29.8 Å². The molecule has 2 aromatic rings. The number of methoxy groups -OCH3 is 1. The van der Waals surface area contributed by atoms with E-state index in [1.54, 1.807) is 13.2 Å². The Morgan fingerprint density at radius 2 is 2.28 bits per heavy atom. The van der Waals surface area contributed by atoms with E-state index in [9.17, 15) is 4.39 Å². The van der Waals surface area contributed by atoms with E-state index in [0.717, 1.165) is 11.9 Å². The van der Waals surface area contributed by atoms with E-state index in [4.69, 9.17) is 16.3 Å². The van der Waals surface area contributed by atoms with Gasteiger partial charge in [0.25, 0.3) is 0 Å². The molecule has 0 amide bonds. The third-order valence-corrected chi connectivity index (χ3v) is 3.28. The van der Waals surface area contributed by atoms with Crippen LogP contribution in [0.5, 0.6) is 0 Å². The normalized spacial score (nSPS) is 13.1. The second-order valence-corrected chi connectivity index (χ2v) is 4.54. The molecule has 1 unspecified atom stereocenters. The van der Waals surface area contributed by atoms with Crippen LogP contribution in [-0.4, -0.2) is 23.3 Å². The van der Waals surface area contributed by atoms with Gasteiger partial charge in [0.15, 0.2) is 5.82 Å². The summed E-state index contributed by atoms with van der Waals surface area (Å²) in [4.78, 5) is 4.28. The molecule has 0 fully saturated rings. The highest BCUT2D eigenvalue weighted by atomic mass is 35.5. The molecule has 0 saturated heterocycles. The predicted molar refractivity (Wildman–Crippen MR) is 70.5 cm³/mol. The third kappa shape index (κ3) is 2.35. The van der Waals surface area contributed by atoms with Crippen LogP contribution in [0.25, 0.3) is 11.0 Å². The lowest BCUT2D eigenvalue weighted by molar-refractivity contribution is 0.181. The van der Waals surface area contributed by atoms with E-state index in [2.05, 4.69) is 11.9 Å². The number of imidazole rings is 1. The highest BCUT2D eigenvalue weighted by molar-refractivity contribution is 6.16. The van der Waals surface area contributed by atoms with E-state index < -0.39 is 0 Å². The van der Waals surface area contributed by atoms with E-state index in [-0.39, 0.29) is 17.7 Å². The van der Waals surface area contributed by atoms with Crippen LogP contribution in [0, 0.1) is 5.82 Å². The highest BCUT2D eigenvalue weighted by Gasteiger charge is 2.17. The number of hydrogen-bond donors (Lipinski definition) is 0. The van der Waals surface area contributed by atoms with Crippen LogP contribution < -0.4 is 0 Å². The Bertz CT molecular complexity index is 541. The molecule has 98 valence electrons. The second kappa shape index (κ2) is 5.67. The molecule has 0 aliphatic rings. The first-order chi connectivity index (χ1) is 8.69. The summed E-state index contributed by atoms with van der Waals surface area (Å²) >= 11 is 5.90. The summed E-state index contributed by atoms with van der Waals surface area (Å²) < 4.78 is 20.8. The molecule has 0 bridgehead atoms. The van der Waals surface area contributed by atoms with Gasteiger partial charge in [-0.2, -0.15) is 0 Å². The van der Waals surface area contributed by atoms with Crippen molar-refractivity contribution >= 4 is 22.6 Å². The van der Waals surface area contributed by atoms with Crippen LogP contribution in [0.1, 0.15) is 25.2 Å². The third-order valence-electron chi connectivity index (χ3n) is 3.04. The molecule has 1 aromatic carbocycles. The lowest BCUT2D eigenvalue weighted by Gasteiger charge is -2.16. The van der Waals surface area contributed by atoms with Crippen LogP contribution in [0.2, 0.25) is 0 Å². The van der Waals surface area contributed by atoms with Gasteiger partial charge >= 0.3 is 0 Å².